The molecule has 0 spiro atoms. The van der Waals surface area contributed by atoms with Crippen LogP contribution in [0.3, 0.4) is 0 Å². The van der Waals surface area contributed by atoms with E-state index in [-0.39, 0.29) is 4.90 Å². The summed E-state index contributed by atoms with van der Waals surface area (Å²) >= 11 is 0. The lowest BCUT2D eigenvalue weighted by molar-refractivity contribution is 0.415. The predicted molar refractivity (Wildman–Crippen MR) is 122 cm³/mol. The van der Waals surface area contributed by atoms with E-state index in [0.717, 1.165) is 46.3 Å². The normalized spacial score (nSPS) is 14.8. The van der Waals surface area contributed by atoms with E-state index in [9.17, 15) is 8.42 Å². The van der Waals surface area contributed by atoms with Crippen molar-refractivity contribution < 1.29 is 13.2 Å². The van der Waals surface area contributed by atoms with Gasteiger partial charge in [0, 0.05) is 47.4 Å². The van der Waals surface area contributed by atoms with Crippen LogP contribution in [-0.2, 0) is 9.84 Å². The maximum Gasteiger partial charge on any atom is 0.175 e. The monoisotopic (exact) mass is 434 g/mol. The molecule has 0 radical (unpaired) electrons. The molecule has 1 aliphatic rings. The molecule has 3 heterocycles. The van der Waals surface area contributed by atoms with Crippen molar-refractivity contribution in [3.63, 3.8) is 0 Å². The zero-order valence-corrected chi connectivity index (χ0v) is 18.1. The molecule has 5 rings (SSSR count). The van der Waals surface area contributed by atoms with E-state index in [2.05, 4.69) is 32.0 Å². The van der Waals surface area contributed by atoms with E-state index < -0.39 is 9.84 Å². The lowest BCUT2D eigenvalue weighted by atomic mass is 9.98. The number of ether oxygens (including phenoxy) is 1. The third-order valence-corrected chi connectivity index (χ3v) is 6.87. The zero-order chi connectivity index (χ0) is 21.6. The molecule has 1 aliphatic heterocycles. The Balaban J connectivity index is 1.50. The SMILES string of the molecule is COc1ccc2[nH]cc(C3=CCN(c4ncnc5ccc(S(C)(=O)=O)cc45)CC3)c2c1. The molecular formula is C23H22N4O3S. The van der Waals surface area contributed by atoms with Crippen molar-refractivity contribution in [2.45, 2.75) is 11.3 Å². The second-order valence-corrected chi connectivity index (χ2v) is 9.70. The number of rotatable bonds is 4. The van der Waals surface area contributed by atoms with Gasteiger partial charge in [0.1, 0.15) is 17.9 Å². The molecule has 0 amide bonds. The molecule has 0 saturated heterocycles. The Bertz CT molecular complexity index is 1440. The third-order valence-electron chi connectivity index (χ3n) is 5.76. The quantitative estimate of drug-likeness (QED) is 0.525. The number of hydrogen-bond acceptors (Lipinski definition) is 6. The fourth-order valence-corrected chi connectivity index (χ4v) is 4.75. The maximum atomic E-state index is 12.0. The molecule has 0 bridgehead atoms. The summed E-state index contributed by atoms with van der Waals surface area (Å²) in [5.41, 5.74) is 4.26. The molecule has 4 aromatic rings. The first-order chi connectivity index (χ1) is 14.9. The molecular weight excluding hydrogens is 412 g/mol. The van der Waals surface area contributed by atoms with Crippen LogP contribution >= 0.6 is 0 Å². The van der Waals surface area contributed by atoms with Gasteiger partial charge in [0.2, 0.25) is 0 Å². The van der Waals surface area contributed by atoms with Crippen molar-refractivity contribution >= 4 is 43.0 Å². The molecule has 1 N–H and O–H groups in total. The first-order valence-electron chi connectivity index (χ1n) is 9.98. The highest BCUT2D eigenvalue weighted by Crippen LogP contribution is 2.33. The van der Waals surface area contributed by atoms with Crippen molar-refractivity contribution in [2.24, 2.45) is 0 Å². The smallest absolute Gasteiger partial charge is 0.175 e. The Morgan fingerprint density at radius 3 is 2.71 bits per heavy atom. The summed E-state index contributed by atoms with van der Waals surface area (Å²) in [5, 5.41) is 1.89. The van der Waals surface area contributed by atoms with Crippen molar-refractivity contribution in [1.82, 2.24) is 15.0 Å². The Morgan fingerprint density at radius 1 is 1.10 bits per heavy atom. The average Bonchev–Trinajstić information content (AvgIpc) is 3.21. The lowest BCUT2D eigenvalue weighted by Gasteiger charge is -2.28. The van der Waals surface area contributed by atoms with Crippen molar-refractivity contribution in [3.05, 3.63) is 60.6 Å². The Kier molecular flexibility index (Phi) is 4.66. The molecule has 8 heteroatoms. The highest BCUT2D eigenvalue weighted by molar-refractivity contribution is 7.90. The standard InChI is InChI=1S/C23H22N4O3S/c1-30-16-3-5-21-18(11-16)20(13-24-21)15-7-9-27(10-8-15)23-19-12-17(31(2,28)29)4-6-22(19)25-14-26-23/h3-7,11-14,24H,8-10H2,1-2H3. The fraction of sp³-hybridized carbons (Fsp3) is 0.217. The van der Waals surface area contributed by atoms with Crippen LogP contribution in [0.1, 0.15) is 12.0 Å². The molecule has 7 nitrogen and oxygen atoms in total. The van der Waals surface area contributed by atoms with Crippen molar-refractivity contribution in [3.8, 4) is 5.75 Å². The van der Waals surface area contributed by atoms with Gasteiger partial charge in [-0.25, -0.2) is 18.4 Å². The molecule has 0 atom stereocenters. The second-order valence-electron chi connectivity index (χ2n) is 7.69. The summed E-state index contributed by atoms with van der Waals surface area (Å²) < 4.78 is 29.4. The first-order valence-corrected chi connectivity index (χ1v) is 11.9. The van der Waals surface area contributed by atoms with Crippen LogP contribution in [0.4, 0.5) is 5.82 Å². The number of nitrogens with zero attached hydrogens (tertiary/aromatic N) is 3. The summed E-state index contributed by atoms with van der Waals surface area (Å²) in [6, 6.07) is 11.0. The zero-order valence-electron chi connectivity index (χ0n) is 17.3. The molecule has 0 aliphatic carbocycles. The number of aromatic nitrogens is 3. The molecule has 0 unspecified atom stereocenters. The van der Waals surface area contributed by atoms with Gasteiger partial charge in [-0.05, 0) is 48.4 Å². The molecule has 0 fully saturated rings. The Labute approximate surface area is 180 Å². The van der Waals surface area contributed by atoms with E-state index in [1.807, 2.05) is 18.3 Å². The summed E-state index contributed by atoms with van der Waals surface area (Å²) in [6.07, 6.45) is 7.85. The van der Waals surface area contributed by atoms with Crippen LogP contribution in [0.5, 0.6) is 5.75 Å². The topological polar surface area (TPSA) is 88.2 Å². The molecule has 158 valence electrons. The van der Waals surface area contributed by atoms with Gasteiger partial charge >= 0.3 is 0 Å². The van der Waals surface area contributed by atoms with E-state index >= 15 is 0 Å². The number of sulfone groups is 1. The van der Waals surface area contributed by atoms with E-state index in [1.165, 1.54) is 23.7 Å². The minimum atomic E-state index is -3.31. The number of nitrogens with one attached hydrogen (secondary N) is 1. The number of benzene rings is 2. The number of hydrogen-bond donors (Lipinski definition) is 1. The van der Waals surface area contributed by atoms with Gasteiger partial charge in [0.05, 0.1) is 17.5 Å². The summed E-state index contributed by atoms with van der Waals surface area (Å²) in [5.74, 6) is 1.59. The van der Waals surface area contributed by atoms with Gasteiger partial charge in [-0.3, -0.25) is 0 Å². The van der Waals surface area contributed by atoms with Gasteiger partial charge < -0.3 is 14.6 Å². The highest BCUT2D eigenvalue weighted by Gasteiger charge is 2.20. The minimum Gasteiger partial charge on any atom is -0.497 e. The van der Waals surface area contributed by atoms with Gasteiger partial charge in [0.15, 0.2) is 9.84 Å². The van der Waals surface area contributed by atoms with Gasteiger partial charge in [-0.2, -0.15) is 0 Å². The number of methoxy groups -OCH3 is 1. The first kappa shape index (κ1) is 19.6. The summed E-state index contributed by atoms with van der Waals surface area (Å²) in [6.45, 7) is 1.46. The summed E-state index contributed by atoms with van der Waals surface area (Å²) in [4.78, 5) is 14.6. The third kappa shape index (κ3) is 3.53. The minimum absolute atomic E-state index is 0.275. The average molecular weight is 435 g/mol. The van der Waals surface area contributed by atoms with Gasteiger partial charge in [0.25, 0.3) is 0 Å². The van der Waals surface area contributed by atoms with Crippen LogP contribution in [-0.4, -0.2) is 49.8 Å². The molecule has 2 aromatic carbocycles. The maximum absolute atomic E-state index is 12.0. The number of aromatic amines is 1. The van der Waals surface area contributed by atoms with Crippen LogP contribution in [0, 0.1) is 0 Å². The van der Waals surface area contributed by atoms with Gasteiger partial charge in [-0.15, -0.1) is 0 Å². The lowest BCUT2D eigenvalue weighted by Crippen LogP contribution is -2.29. The Hall–Kier alpha value is -3.39. The van der Waals surface area contributed by atoms with Crippen LogP contribution in [0.2, 0.25) is 0 Å². The number of anilines is 1. The van der Waals surface area contributed by atoms with Crippen LogP contribution in [0.15, 0.2) is 59.9 Å². The molecule has 31 heavy (non-hydrogen) atoms. The highest BCUT2D eigenvalue weighted by atomic mass is 32.2. The van der Waals surface area contributed by atoms with E-state index in [0.29, 0.717) is 6.54 Å². The second kappa shape index (κ2) is 7.39. The largest absolute Gasteiger partial charge is 0.497 e. The van der Waals surface area contributed by atoms with Crippen molar-refractivity contribution in [1.29, 1.82) is 0 Å². The molecule has 0 saturated carbocycles. The predicted octanol–water partition coefficient (Wildman–Crippen LogP) is 3.82. The Morgan fingerprint density at radius 2 is 1.97 bits per heavy atom. The van der Waals surface area contributed by atoms with E-state index in [1.54, 1.807) is 25.3 Å². The summed E-state index contributed by atoms with van der Waals surface area (Å²) in [7, 11) is -1.63. The molecule has 2 aromatic heterocycles. The van der Waals surface area contributed by atoms with E-state index in [4.69, 9.17) is 4.74 Å². The van der Waals surface area contributed by atoms with Crippen molar-refractivity contribution in [2.75, 3.05) is 31.4 Å². The number of fused-ring (bicyclic) bond motifs is 2. The fourth-order valence-electron chi connectivity index (χ4n) is 4.10. The van der Waals surface area contributed by atoms with Crippen LogP contribution < -0.4 is 9.64 Å². The van der Waals surface area contributed by atoms with Crippen LogP contribution in [0.25, 0.3) is 27.4 Å². The number of H-pyrrole nitrogens is 1. The van der Waals surface area contributed by atoms with Gasteiger partial charge in [-0.1, -0.05) is 6.08 Å².